The van der Waals surface area contributed by atoms with Gasteiger partial charge < -0.3 is 19.1 Å². The summed E-state index contributed by atoms with van der Waals surface area (Å²) in [5, 5.41) is 0. The van der Waals surface area contributed by atoms with Crippen molar-refractivity contribution in [3.8, 4) is 17.2 Å². The largest absolute Gasteiger partial charge is 0.493 e. The maximum absolute atomic E-state index is 13.5. The molecule has 4 rings (SSSR count). The number of ketones is 1. The van der Waals surface area contributed by atoms with Crippen LogP contribution >= 0.6 is 0 Å². The van der Waals surface area contributed by atoms with E-state index in [1.807, 2.05) is 29.2 Å². The van der Waals surface area contributed by atoms with Crippen LogP contribution in [0.25, 0.3) is 0 Å². The van der Waals surface area contributed by atoms with Gasteiger partial charge in [-0.05, 0) is 60.7 Å². The van der Waals surface area contributed by atoms with Crippen LogP contribution in [-0.4, -0.2) is 64.5 Å². The van der Waals surface area contributed by atoms with Gasteiger partial charge in [-0.1, -0.05) is 25.1 Å². The van der Waals surface area contributed by atoms with Gasteiger partial charge in [0.1, 0.15) is 5.82 Å². The molecule has 0 atom stereocenters. The molecule has 1 aromatic heterocycles. The van der Waals surface area contributed by atoms with Gasteiger partial charge in [0.25, 0.3) is 0 Å². The number of Topliss-reactive ketones (excluding diaryl/α,β-unsaturated/α-hetero) is 1. The summed E-state index contributed by atoms with van der Waals surface area (Å²) in [4.78, 5) is 19.9. The van der Waals surface area contributed by atoms with Crippen molar-refractivity contribution >= 4 is 21.6 Å². The Kier molecular flexibility index (Phi) is 9.08. The Balaban J connectivity index is 1.60. The van der Waals surface area contributed by atoms with E-state index in [-0.39, 0.29) is 17.2 Å². The lowest BCUT2D eigenvalue weighted by molar-refractivity contribution is 0.0998. The maximum atomic E-state index is 13.5. The summed E-state index contributed by atoms with van der Waals surface area (Å²) >= 11 is 0. The minimum Gasteiger partial charge on any atom is -0.493 e. The second-order valence-corrected chi connectivity index (χ2v) is 11.6. The van der Waals surface area contributed by atoms with Gasteiger partial charge in [0.15, 0.2) is 17.3 Å². The average Bonchev–Trinajstić information content (AvgIpc) is 2.96. The van der Waals surface area contributed by atoms with E-state index < -0.39 is 10.0 Å². The number of aromatic nitrogens is 1. The Morgan fingerprint density at radius 1 is 0.974 bits per heavy atom. The summed E-state index contributed by atoms with van der Waals surface area (Å²) in [5.74, 6) is 2.37. The number of ether oxygens (including phenoxy) is 3. The number of benzene rings is 2. The van der Waals surface area contributed by atoms with Gasteiger partial charge in [-0.15, -0.1) is 0 Å². The molecule has 1 aliphatic rings. The summed E-state index contributed by atoms with van der Waals surface area (Å²) < 4.78 is 44.5. The molecule has 2 aromatic carbocycles. The Bertz CT molecular complexity index is 1360. The van der Waals surface area contributed by atoms with Crippen LogP contribution in [0.1, 0.15) is 35.7 Å². The third kappa shape index (κ3) is 6.51. The lowest BCUT2D eigenvalue weighted by Crippen LogP contribution is -2.38. The zero-order chi connectivity index (χ0) is 28.0. The number of methoxy groups -OCH3 is 3. The van der Waals surface area contributed by atoms with Crippen molar-refractivity contribution in [3.63, 3.8) is 0 Å². The molecule has 9 nitrogen and oxygen atoms in total. The van der Waals surface area contributed by atoms with E-state index in [1.165, 1.54) is 10.4 Å². The van der Waals surface area contributed by atoms with E-state index in [9.17, 15) is 13.2 Å². The van der Waals surface area contributed by atoms with Crippen LogP contribution in [0, 0.1) is 5.92 Å². The number of hydrogen-bond donors (Lipinski definition) is 0. The van der Waals surface area contributed by atoms with Crippen molar-refractivity contribution < 1.29 is 27.4 Å². The monoisotopic (exact) mass is 553 g/mol. The highest BCUT2D eigenvalue weighted by molar-refractivity contribution is 7.89. The molecule has 1 saturated heterocycles. The molecule has 0 aliphatic carbocycles. The summed E-state index contributed by atoms with van der Waals surface area (Å²) in [5.41, 5.74) is 1.14. The third-order valence-corrected chi connectivity index (χ3v) is 8.84. The number of piperidine rings is 1. The molecule has 0 amide bonds. The van der Waals surface area contributed by atoms with Crippen molar-refractivity contribution in [1.82, 2.24) is 9.29 Å². The molecular formula is C29H35N3O6S. The lowest BCUT2D eigenvalue weighted by Gasteiger charge is -2.29. The van der Waals surface area contributed by atoms with E-state index in [0.29, 0.717) is 54.2 Å². The van der Waals surface area contributed by atoms with E-state index >= 15 is 0 Å². The first-order chi connectivity index (χ1) is 18.8. The fourth-order valence-corrected chi connectivity index (χ4v) is 6.19. The molecule has 0 N–H and O–H groups in total. The van der Waals surface area contributed by atoms with Crippen LogP contribution < -0.4 is 19.1 Å². The summed E-state index contributed by atoms with van der Waals surface area (Å²) in [6, 6.07) is 15.4. The SMILES string of the molecule is COc1cc(CN(CC(=O)c2cccc(S(=O)(=O)N3CCC(C)CC3)c2)c2ccccn2)cc(OC)c1OC. The first-order valence-electron chi connectivity index (χ1n) is 12.8. The molecule has 10 heteroatoms. The summed E-state index contributed by atoms with van der Waals surface area (Å²) in [6.45, 7) is 3.42. The molecule has 0 saturated carbocycles. The fraction of sp³-hybridized carbons (Fsp3) is 0.379. The van der Waals surface area contributed by atoms with Crippen LogP contribution in [0.5, 0.6) is 17.2 Å². The summed E-state index contributed by atoms with van der Waals surface area (Å²) in [6.07, 6.45) is 3.32. The molecule has 2 heterocycles. The first-order valence-corrected chi connectivity index (χ1v) is 14.3. The van der Waals surface area contributed by atoms with Crippen molar-refractivity contribution in [2.45, 2.75) is 31.2 Å². The van der Waals surface area contributed by atoms with Crippen LogP contribution in [0.3, 0.4) is 0 Å². The zero-order valence-electron chi connectivity index (χ0n) is 22.8. The second-order valence-electron chi connectivity index (χ2n) is 9.62. The number of rotatable bonds is 11. The van der Waals surface area contributed by atoms with Crippen molar-refractivity contribution in [2.24, 2.45) is 5.92 Å². The van der Waals surface area contributed by atoms with Crippen molar-refractivity contribution in [2.75, 3.05) is 45.9 Å². The Hall–Kier alpha value is -3.63. The standard InChI is InChI=1S/C29H35N3O6S/c1-21-11-14-32(15-12-21)39(34,35)24-9-7-8-23(18-24)25(33)20-31(28-10-5-6-13-30-28)19-22-16-26(36-2)29(38-4)27(17-22)37-3/h5-10,13,16-18,21H,11-12,14-15,19-20H2,1-4H3. The first kappa shape index (κ1) is 28.4. The minimum atomic E-state index is -3.68. The normalized spacial score (nSPS) is 14.6. The molecule has 0 bridgehead atoms. The highest BCUT2D eigenvalue weighted by Gasteiger charge is 2.29. The van der Waals surface area contributed by atoms with Gasteiger partial charge in [-0.3, -0.25) is 4.79 Å². The molecule has 0 unspecified atom stereocenters. The van der Waals surface area contributed by atoms with Gasteiger partial charge in [0.2, 0.25) is 15.8 Å². The second kappa shape index (κ2) is 12.5. The van der Waals surface area contributed by atoms with E-state index in [1.54, 1.807) is 51.8 Å². The number of sulfonamides is 1. The number of carbonyl (C=O) groups excluding carboxylic acids is 1. The molecule has 39 heavy (non-hydrogen) atoms. The molecule has 0 spiro atoms. The molecule has 3 aromatic rings. The summed E-state index contributed by atoms with van der Waals surface area (Å²) in [7, 11) is 0.960. The van der Waals surface area contributed by atoms with Crippen LogP contribution in [0.4, 0.5) is 5.82 Å². The van der Waals surface area contributed by atoms with Gasteiger partial charge >= 0.3 is 0 Å². The number of anilines is 1. The maximum Gasteiger partial charge on any atom is 0.243 e. The third-order valence-electron chi connectivity index (χ3n) is 6.94. The Labute approximate surface area is 230 Å². The average molecular weight is 554 g/mol. The predicted octanol–water partition coefficient (Wildman–Crippen LogP) is 4.42. The quantitative estimate of drug-likeness (QED) is 0.322. The highest BCUT2D eigenvalue weighted by atomic mass is 32.2. The van der Waals surface area contributed by atoms with Gasteiger partial charge in [0.05, 0.1) is 32.8 Å². The van der Waals surface area contributed by atoms with Crippen LogP contribution in [0.2, 0.25) is 0 Å². The number of hydrogen-bond acceptors (Lipinski definition) is 8. The van der Waals surface area contributed by atoms with E-state index in [0.717, 1.165) is 18.4 Å². The number of nitrogens with zero attached hydrogens (tertiary/aromatic N) is 3. The smallest absolute Gasteiger partial charge is 0.243 e. The molecule has 208 valence electrons. The van der Waals surface area contributed by atoms with E-state index in [2.05, 4.69) is 11.9 Å². The molecule has 0 radical (unpaired) electrons. The minimum absolute atomic E-state index is 0.0155. The van der Waals surface area contributed by atoms with Crippen LogP contribution in [0.15, 0.2) is 65.7 Å². The highest BCUT2D eigenvalue weighted by Crippen LogP contribution is 2.38. The van der Waals surface area contributed by atoms with Gasteiger partial charge in [0, 0.05) is 31.4 Å². The predicted molar refractivity (Wildman–Crippen MR) is 149 cm³/mol. The Morgan fingerprint density at radius 3 is 2.26 bits per heavy atom. The topological polar surface area (TPSA) is 98.3 Å². The van der Waals surface area contributed by atoms with E-state index in [4.69, 9.17) is 14.2 Å². The number of carbonyl (C=O) groups is 1. The molecular weight excluding hydrogens is 518 g/mol. The van der Waals surface area contributed by atoms with Crippen molar-refractivity contribution in [3.05, 3.63) is 71.9 Å². The fourth-order valence-electron chi connectivity index (χ4n) is 4.67. The van der Waals surface area contributed by atoms with Crippen molar-refractivity contribution in [1.29, 1.82) is 0 Å². The molecule has 1 fully saturated rings. The lowest BCUT2D eigenvalue weighted by atomic mass is 10.0. The van der Waals surface area contributed by atoms with Crippen LogP contribution in [-0.2, 0) is 16.6 Å². The number of pyridine rings is 1. The zero-order valence-corrected chi connectivity index (χ0v) is 23.6. The Morgan fingerprint density at radius 2 is 1.67 bits per heavy atom. The van der Waals surface area contributed by atoms with Gasteiger partial charge in [-0.2, -0.15) is 4.31 Å². The van der Waals surface area contributed by atoms with Gasteiger partial charge in [-0.25, -0.2) is 13.4 Å². The molecule has 1 aliphatic heterocycles.